The van der Waals surface area contributed by atoms with E-state index in [2.05, 4.69) is 10.4 Å². The summed E-state index contributed by atoms with van der Waals surface area (Å²) in [4.78, 5) is 32.8. The van der Waals surface area contributed by atoms with Crippen molar-refractivity contribution in [3.05, 3.63) is 50.9 Å². The standard InChI is InChI=1S/C11H10N4O4/c1-7(16)13-10-6-12-14(11(10)17)8-2-4-9(5-3-8)15(18)19/h2-6,12H,1H3,(H,13,16). The smallest absolute Gasteiger partial charge is 0.294 e. The van der Waals surface area contributed by atoms with Crippen molar-refractivity contribution in [3.63, 3.8) is 0 Å². The molecule has 8 nitrogen and oxygen atoms in total. The molecular weight excluding hydrogens is 252 g/mol. The van der Waals surface area contributed by atoms with E-state index in [0.29, 0.717) is 5.69 Å². The minimum atomic E-state index is -0.524. The zero-order valence-corrected chi connectivity index (χ0v) is 9.91. The summed E-state index contributed by atoms with van der Waals surface area (Å²) in [7, 11) is 0. The molecule has 1 aromatic carbocycles. The van der Waals surface area contributed by atoms with Crippen molar-refractivity contribution < 1.29 is 9.72 Å². The Balaban J connectivity index is 2.37. The van der Waals surface area contributed by atoms with E-state index in [0.717, 1.165) is 0 Å². The van der Waals surface area contributed by atoms with Gasteiger partial charge in [-0.3, -0.25) is 24.8 Å². The number of hydrogen-bond donors (Lipinski definition) is 2. The molecule has 2 N–H and O–H groups in total. The molecule has 0 aliphatic rings. The third-order valence-corrected chi connectivity index (χ3v) is 2.40. The molecule has 0 fully saturated rings. The van der Waals surface area contributed by atoms with Crippen LogP contribution in [0.15, 0.2) is 35.3 Å². The van der Waals surface area contributed by atoms with Crippen LogP contribution in [0, 0.1) is 10.1 Å². The number of carbonyl (C=O) groups excluding carboxylic acids is 1. The van der Waals surface area contributed by atoms with Gasteiger partial charge >= 0.3 is 0 Å². The number of hydrogen-bond acceptors (Lipinski definition) is 4. The number of nitro benzene ring substituents is 1. The van der Waals surface area contributed by atoms with E-state index < -0.39 is 10.5 Å². The minimum absolute atomic E-state index is 0.0644. The Hall–Kier alpha value is -2.90. The van der Waals surface area contributed by atoms with Gasteiger partial charge < -0.3 is 5.32 Å². The van der Waals surface area contributed by atoms with Crippen LogP contribution < -0.4 is 10.9 Å². The third kappa shape index (κ3) is 2.51. The van der Waals surface area contributed by atoms with Crippen LogP contribution in [0.25, 0.3) is 5.69 Å². The molecule has 0 saturated heterocycles. The monoisotopic (exact) mass is 262 g/mol. The highest BCUT2D eigenvalue weighted by Crippen LogP contribution is 2.14. The highest BCUT2D eigenvalue weighted by atomic mass is 16.6. The number of carbonyl (C=O) groups is 1. The van der Waals surface area contributed by atoms with Gasteiger partial charge in [0.05, 0.1) is 10.6 Å². The molecule has 2 aromatic rings. The fourth-order valence-electron chi connectivity index (χ4n) is 1.56. The summed E-state index contributed by atoms with van der Waals surface area (Å²) < 4.78 is 1.18. The van der Waals surface area contributed by atoms with Crippen LogP contribution in [0.5, 0.6) is 0 Å². The van der Waals surface area contributed by atoms with Crippen LogP contribution in [-0.2, 0) is 4.79 Å². The molecule has 0 saturated carbocycles. The molecule has 0 aliphatic heterocycles. The number of nitrogens with one attached hydrogen (secondary N) is 2. The maximum atomic E-state index is 11.9. The van der Waals surface area contributed by atoms with Gasteiger partial charge in [0, 0.05) is 25.3 Å². The number of benzene rings is 1. The number of nitro groups is 1. The van der Waals surface area contributed by atoms with Crippen molar-refractivity contribution in [2.75, 3.05) is 5.32 Å². The van der Waals surface area contributed by atoms with Crippen LogP contribution in [0.2, 0.25) is 0 Å². The largest absolute Gasteiger partial charge is 0.320 e. The molecule has 0 radical (unpaired) electrons. The van der Waals surface area contributed by atoms with Gasteiger partial charge in [0.1, 0.15) is 5.69 Å². The van der Waals surface area contributed by atoms with E-state index >= 15 is 0 Å². The van der Waals surface area contributed by atoms with E-state index in [1.807, 2.05) is 0 Å². The van der Waals surface area contributed by atoms with Gasteiger partial charge in [0.25, 0.3) is 11.2 Å². The summed E-state index contributed by atoms with van der Waals surface area (Å²) in [5.41, 5.74) is 0.0487. The number of non-ortho nitro benzene ring substituents is 1. The van der Waals surface area contributed by atoms with Crippen LogP contribution in [0.4, 0.5) is 11.4 Å². The molecule has 1 aromatic heterocycles. The number of rotatable bonds is 3. The number of aromatic nitrogens is 2. The van der Waals surface area contributed by atoms with Gasteiger partial charge in [0.2, 0.25) is 5.91 Å². The van der Waals surface area contributed by atoms with E-state index in [4.69, 9.17) is 0 Å². The molecule has 8 heteroatoms. The summed E-state index contributed by atoms with van der Waals surface area (Å²) in [6, 6.07) is 5.46. The van der Waals surface area contributed by atoms with E-state index in [9.17, 15) is 19.7 Å². The van der Waals surface area contributed by atoms with E-state index in [1.165, 1.54) is 42.1 Å². The Morgan fingerprint density at radius 1 is 1.37 bits per heavy atom. The quantitative estimate of drug-likeness (QED) is 0.635. The first-order valence-corrected chi connectivity index (χ1v) is 5.32. The van der Waals surface area contributed by atoms with Crippen molar-refractivity contribution in [3.8, 4) is 5.69 Å². The second kappa shape index (κ2) is 4.77. The minimum Gasteiger partial charge on any atom is -0.320 e. The molecule has 0 bridgehead atoms. The average molecular weight is 262 g/mol. The van der Waals surface area contributed by atoms with Gasteiger partial charge in [-0.15, -0.1) is 0 Å². The Kier molecular flexibility index (Phi) is 3.15. The van der Waals surface area contributed by atoms with Gasteiger partial charge in [0.15, 0.2) is 0 Å². The third-order valence-electron chi connectivity index (χ3n) is 2.40. The molecule has 0 atom stereocenters. The van der Waals surface area contributed by atoms with Crippen LogP contribution >= 0.6 is 0 Å². The number of nitrogens with zero attached hydrogens (tertiary/aromatic N) is 2. The van der Waals surface area contributed by atoms with Gasteiger partial charge in [-0.1, -0.05) is 0 Å². The molecule has 1 heterocycles. The molecule has 0 unspecified atom stereocenters. The lowest BCUT2D eigenvalue weighted by molar-refractivity contribution is -0.384. The van der Waals surface area contributed by atoms with Crippen LogP contribution in [0.3, 0.4) is 0 Å². The summed E-state index contributed by atoms with van der Waals surface area (Å²) in [6.07, 6.45) is 1.35. The highest BCUT2D eigenvalue weighted by molar-refractivity contribution is 5.88. The maximum Gasteiger partial charge on any atom is 0.294 e. The summed E-state index contributed by atoms with van der Waals surface area (Å²) >= 11 is 0. The average Bonchev–Trinajstić information content (AvgIpc) is 2.70. The molecule has 0 aliphatic carbocycles. The first-order valence-electron chi connectivity index (χ1n) is 5.32. The van der Waals surface area contributed by atoms with Gasteiger partial charge in [-0.25, -0.2) is 4.68 Å². The maximum absolute atomic E-state index is 11.9. The van der Waals surface area contributed by atoms with E-state index in [-0.39, 0.29) is 17.3 Å². The fourth-order valence-corrected chi connectivity index (χ4v) is 1.56. The summed E-state index contributed by atoms with van der Waals surface area (Å²) in [5.74, 6) is -0.355. The second-order valence-corrected chi connectivity index (χ2v) is 3.78. The number of anilines is 1. The SMILES string of the molecule is CC(=O)Nc1c[nH]n(-c2ccc([N+](=O)[O-])cc2)c1=O. The zero-order chi connectivity index (χ0) is 14.0. The Bertz CT molecular complexity index is 683. The highest BCUT2D eigenvalue weighted by Gasteiger charge is 2.10. The second-order valence-electron chi connectivity index (χ2n) is 3.78. The Labute approximate surface area is 106 Å². The van der Waals surface area contributed by atoms with Crippen molar-refractivity contribution in [2.24, 2.45) is 0 Å². The first kappa shape index (κ1) is 12.6. The number of H-pyrrole nitrogens is 1. The van der Waals surface area contributed by atoms with Gasteiger partial charge in [-0.05, 0) is 12.1 Å². The van der Waals surface area contributed by atoms with E-state index in [1.54, 1.807) is 0 Å². The van der Waals surface area contributed by atoms with Crippen molar-refractivity contribution in [2.45, 2.75) is 6.92 Å². The zero-order valence-electron chi connectivity index (χ0n) is 9.91. The van der Waals surface area contributed by atoms with Crippen molar-refractivity contribution in [1.82, 2.24) is 9.78 Å². The molecule has 98 valence electrons. The molecular formula is C11H10N4O4. The lowest BCUT2D eigenvalue weighted by Crippen LogP contribution is -2.19. The Morgan fingerprint density at radius 3 is 2.53 bits per heavy atom. The van der Waals surface area contributed by atoms with Crippen molar-refractivity contribution in [1.29, 1.82) is 0 Å². The molecule has 0 spiro atoms. The van der Waals surface area contributed by atoms with Crippen LogP contribution in [0.1, 0.15) is 6.92 Å². The lowest BCUT2D eigenvalue weighted by Gasteiger charge is -2.00. The topological polar surface area (TPSA) is 110 Å². The number of aromatic amines is 1. The summed E-state index contributed by atoms with van der Waals surface area (Å²) in [5, 5.41) is 15.6. The predicted octanol–water partition coefficient (Wildman–Crippen LogP) is 1.03. The van der Waals surface area contributed by atoms with Crippen molar-refractivity contribution >= 4 is 17.3 Å². The molecule has 2 rings (SSSR count). The Morgan fingerprint density at radius 2 is 2.00 bits per heavy atom. The molecule has 19 heavy (non-hydrogen) atoms. The van der Waals surface area contributed by atoms with Crippen LogP contribution in [-0.4, -0.2) is 20.6 Å². The summed E-state index contributed by atoms with van der Waals surface area (Å²) in [6.45, 7) is 1.29. The first-order chi connectivity index (χ1) is 8.99. The van der Waals surface area contributed by atoms with Gasteiger partial charge in [-0.2, -0.15) is 0 Å². The predicted molar refractivity (Wildman–Crippen MR) is 67.3 cm³/mol. The fraction of sp³-hybridized carbons (Fsp3) is 0.0909. The molecule has 1 amide bonds. The lowest BCUT2D eigenvalue weighted by atomic mass is 10.3. The normalized spacial score (nSPS) is 10.2. The number of amides is 1.